The molecule has 2 aliphatic heterocycles. The number of piperidine rings is 1. The molecule has 0 radical (unpaired) electrons. The van der Waals surface area contributed by atoms with E-state index in [0.717, 1.165) is 24.0 Å². The average Bonchev–Trinajstić information content (AvgIpc) is 3.07. The van der Waals surface area contributed by atoms with Crippen LogP contribution in [0.4, 0.5) is 4.79 Å². The summed E-state index contributed by atoms with van der Waals surface area (Å²) in [6, 6.07) is 19.5. The number of hydrogen-bond acceptors (Lipinski definition) is 4. The minimum Gasteiger partial charge on any atom is -0.373 e. The Morgan fingerprint density at radius 2 is 1.56 bits per heavy atom. The Hall–Kier alpha value is -2.42. The number of carbonyl (C=O) groups is 1. The van der Waals surface area contributed by atoms with E-state index in [9.17, 15) is 18.3 Å². The van der Waals surface area contributed by atoms with Crippen LogP contribution in [-0.4, -0.2) is 72.3 Å². The van der Waals surface area contributed by atoms with Gasteiger partial charge in [0, 0.05) is 20.1 Å². The molecule has 0 bridgehead atoms. The van der Waals surface area contributed by atoms with Crippen molar-refractivity contribution in [2.45, 2.75) is 50.4 Å². The van der Waals surface area contributed by atoms with Crippen LogP contribution < -0.4 is 0 Å². The van der Waals surface area contributed by atoms with Crippen LogP contribution in [0.25, 0.3) is 0 Å². The third-order valence-corrected chi connectivity index (χ3v) is 8.88. The number of urea groups is 1. The quantitative estimate of drug-likeness (QED) is 0.649. The van der Waals surface area contributed by atoms with Gasteiger partial charge in [0.25, 0.3) is 0 Å². The van der Waals surface area contributed by atoms with Crippen molar-refractivity contribution in [1.29, 1.82) is 0 Å². The zero-order valence-corrected chi connectivity index (χ0v) is 20.9. The van der Waals surface area contributed by atoms with Gasteiger partial charge in [0.2, 0.25) is 10.0 Å². The molecule has 0 aromatic heterocycles. The summed E-state index contributed by atoms with van der Waals surface area (Å²) >= 11 is 0. The fourth-order valence-corrected chi connectivity index (χ4v) is 6.45. The molecule has 2 aliphatic rings. The maximum absolute atomic E-state index is 13.2. The number of sulfonamides is 1. The van der Waals surface area contributed by atoms with Gasteiger partial charge < -0.3 is 10.0 Å². The molecule has 184 valence electrons. The molecule has 34 heavy (non-hydrogen) atoms. The SMILES string of the molecule is C[C@H]1[C@@H](c2ccccc2)N(C(O)C[C@@H](c2ccccc2)C2CCN(S(C)(=O)=O)CC2)C(=O)N1C. The topological polar surface area (TPSA) is 81.2 Å². The number of aliphatic hydroxyl groups is 1. The Morgan fingerprint density at radius 1 is 1.00 bits per heavy atom. The Morgan fingerprint density at radius 3 is 2.12 bits per heavy atom. The molecule has 4 rings (SSSR count). The smallest absolute Gasteiger partial charge is 0.322 e. The van der Waals surface area contributed by atoms with Crippen molar-refractivity contribution in [2.75, 3.05) is 26.4 Å². The Bertz CT molecular complexity index is 1070. The van der Waals surface area contributed by atoms with Crippen LogP contribution in [0.3, 0.4) is 0 Å². The summed E-state index contributed by atoms with van der Waals surface area (Å²) < 4.78 is 25.5. The largest absolute Gasteiger partial charge is 0.373 e. The van der Waals surface area contributed by atoms with Crippen LogP contribution >= 0.6 is 0 Å². The summed E-state index contributed by atoms with van der Waals surface area (Å²) in [7, 11) is -1.42. The van der Waals surface area contributed by atoms with E-state index in [0.29, 0.717) is 19.5 Å². The molecule has 0 aliphatic carbocycles. The van der Waals surface area contributed by atoms with Gasteiger partial charge in [-0.3, -0.25) is 4.90 Å². The van der Waals surface area contributed by atoms with Crippen molar-refractivity contribution in [1.82, 2.24) is 14.1 Å². The van der Waals surface area contributed by atoms with Gasteiger partial charge in [-0.25, -0.2) is 17.5 Å². The maximum Gasteiger partial charge on any atom is 0.322 e. The molecule has 4 atom stereocenters. The lowest BCUT2D eigenvalue weighted by Crippen LogP contribution is -2.43. The molecule has 2 fully saturated rings. The second kappa shape index (κ2) is 10.1. The zero-order chi connectivity index (χ0) is 24.5. The number of carbonyl (C=O) groups excluding carboxylic acids is 1. The highest BCUT2D eigenvalue weighted by atomic mass is 32.2. The first kappa shape index (κ1) is 24.7. The highest BCUT2D eigenvalue weighted by Gasteiger charge is 2.46. The average molecular weight is 486 g/mol. The fourth-order valence-electron chi connectivity index (χ4n) is 5.57. The zero-order valence-electron chi connectivity index (χ0n) is 20.1. The lowest BCUT2D eigenvalue weighted by atomic mass is 9.78. The van der Waals surface area contributed by atoms with Crippen molar-refractivity contribution in [3.05, 3.63) is 71.8 Å². The second-order valence-electron chi connectivity index (χ2n) is 9.63. The van der Waals surface area contributed by atoms with E-state index in [1.807, 2.05) is 55.5 Å². The molecule has 2 amide bonds. The van der Waals surface area contributed by atoms with Gasteiger partial charge in [0.1, 0.15) is 6.23 Å². The number of likely N-dealkylation sites (N-methyl/N-ethyl adjacent to an activating group) is 1. The maximum atomic E-state index is 13.2. The lowest BCUT2D eigenvalue weighted by Gasteiger charge is -2.38. The molecule has 2 aromatic carbocycles. The van der Waals surface area contributed by atoms with E-state index < -0.39 is 16.3 Å². The van der Waals surface area contributed by atoms with Crippen LogP contribution in [0.1, 0.15) is 49.3 Å². The predicted molar refractivity (Wildman–Crippen MR) is 133 cm³/mol. The van der Waals surface area contributed by atoms with Crippen molar-refractivity contribution in [2.24, 2.45) is 5.92 Å². The van der Waals surface area contributed by atoms with E-state index in [1.54, 1.807) is 16.8 Å². The molecule has 2 saturated heterocycles. The Labute approximate surface area is 203 Å². The number of aliphatic hydroxyl groups excluding tert-OH is 1. The van der Waals surface area contributed by atoms with Gasteiger partial charge in [-0.2, -0.15) is 0 Å². The predicted octanol–water partition coefficient (Wildman–Crippen LogP) is 3.65. The molecule has 2 heterocycles. The Kier molecular flexibility index (Phi) is 7.31. The van der Waals surface area contributed by atoms with E-state index >= 15 is 0 Å². The molecule has 8 heteroatoms. The summed E-state index contributed by atoms with van der Waals surface area (Å²) in [4.78, 5) is 16.5. The van der Waals surface area contributed by atoms with Gasteiger partial charge in [-0.05, 0) is 49.1 Å². The number of benzene rings is 2. The number of hydrogen-bond donors (Lipinski definition) is 1. The molecule has 1 unspecified atom stereocenters. The van der Waals surface area contributed by atoms with E-state index in [2.05, 4.69) is 12.1 Å². The molecule has 7 nitrogen and oxygen atoms in total. The summed E-state index contributed by atoms with van der Waals surface area (Å²) in [5.41, 5.74) is 2.12. The molecule has 0 spiro atoms. The summed E-state index contributed by atoms with van der Waals surface area (Å²) in [6.45, 7) is 2.98. The fraction of sp³-hybridized carbons (Fsp3) is 0.500. The Balaban J connectivity index is 1.59. The van der Waals surface area contributed by atoms with Gasteiger partial charge in [-0.15, -0.1) is 0 Å². The molecule has 0 saturated carbocycles. The standard InChI is InChI=1S/C26H35N3O4S/c1-19-25(22-12-8-5-9-13-22)29(26(31)27(19)2)24(30)18-23(20-10-6-4-7-11-20)21-14-16-28(17-15-21)34(3,32)33/h4-13,19,21,23-25,30H,14-18H2,1-3H3/t19-,23-,24?,25-/m0/s1. The first-order valence-electron chi connectivity index (χ1n) is 12.0. The number of nitrogens with zero attached hydrogens (tertiary/aromatic N) is 3. The van der Waals surface area contributed by atoms with E-state index in [1.165, 1.54) is 10.6 Å². The highest BCUT2D eigenvalue weighted by Crippen LogP contribution is 2.41. The van der Waals surface area contributed by atoms with Crippen LogP contribution in [0.2, 0.25) is 0 Å². The molecule has 1 N–H and O–H groups in total. The van der Waals surface area contributed by atoms with E-state index in [4.69, 9.17) is 0 Å². The van der Waals surface area contributed by atoms with E-state index in [-0.39, 0.29) is 30.0 Å². The summed E-state index contributed by atoms with van der Waals surface area (Å²) in [5, 5.41) is 11.5. The third-order valence-electron chi connectivity index (χ3n) is 7.58. The summed E-state index contributed by atoms with van der Waals surface area (Å²) in [5.74, 6) is 0.237. The van der Waals surface area contributed by atoms with Gasteiger partial charge in [0.15, 0.2) is 0 Å². The highest BCUT2D eigenvalue weighted by molar-refractivity contribution is 7.88. The molecular weight excluding hydrogens is 450 g/mol. The minimum absolute atomic E-state index is 0.0170. The van der Waals surface area contributed by atoms with Crippen LogP contribution in [0, 0.1) is 5.92 Å². The van der Waals surface area contributed by atoms with Crippen molar-refractivity contribution in [3.8, 4) is 0 Å². The van der Waals surface area contributed by atoms with Crippen LogP contribution in [0.15, 0.2) is 60.7 Å². The minimum atomic E-state index is -3.21. The van der Waals surface area contributed by atoms with Crippen LogP contribution in [-0.2, 0) is 10.0 Å². The number of rotatable bonds is 7. The second-order valence-corrected chi connectivity index (χ2v) is 11.6. The van der Waals surface area contributed by atoms with Crippen molar-refractivity contribution < 1.29 is 18.3 Å². The lowest BCUT2D eigenvalue weighted by molar-refractivity contribution is 0.000531. The normalized spacial score (nSPS) is 24.4. The van der Waals surface area contributed by atoms with Gasteiger partial charge in [0.05, 0.1) is 18.3 Å². The molecule has 2 aromatic rings. The van der Waals surface area contributed by atoms with Crippen molar-refractivity contribution >= 4 is 16.1 Å². The summed E-state index contributed by atoms with van der Waals surface area (Å²) in [6.07, 6.45) is 2.16. The molecular formula is C26H35N3O4S. The first-order valence-corrected chi connectivity index (χ1v) is 13.8. The van der Waals surface area contributed by atoms with Gasteiger partial charge in [-0.1, -0.05) is 60.7 Å². The van der Waals surface area contributed by atoms with Crippen LogP contribution in [0.5, 0.6) is 0 Å². The van der Waals surface area contributed by atoms with Crippen molar-refractivity contribution in [3.63, 3.8) is 0 Å². The monoisotopic (exact) mass is 485 g/mol. The number of amides is 2. The third kappa shape index (κ3) is 4.99. The first-order chi connectivity index (χ1) is 16.2. The van der Waals surface area contributed by atoms with Gasteiger partial charge >= 0.3 is 6.03 Å².